The molecular weight excluding hydrogens is 1710 g/mol. The smallest absolute Gasteiger partial charge is 0.478 e. The molecule has 130 heavy (non-hydrogen) atoms. The number of carbonyl (C=O) groups excluding carboxylic acids is 2. The number of rotatable bonds is 22. The number of aromatic carboxylic acids is 1. The molecule has 0 radical (unpaired) electrons. The van der Waals surface area contributed by atoms with E-state index in [9.17, 15) is 55.1 Å². The van der Waals surface area contributed by atoms with Crippen molar-refractivity contribution in [3.63, 3.8) is 0 Å². The second-order valence-corrected chi connectivity index (χ2v) is 34.6. The molecule has 24 heteroatoms. The molecule has 0 bridgehead atoms. The average molecular weight is 1790 g/mol. The minimum absolute atomic E-state index is 0.00876. The Labute approximate surface area is 771 Å². The number of H-pyrrole nitrogens is 2. The number of thioether (sulfide) groups is 4. The standard InChI is InChI=1S/C30H19N3O2S2.C27H19NO3S.C26H20BNO3S.C23H16N4OS/c31-17-23-27(32-30(33-29(23)34)36-18-19-7-2-1-3-8-19)21-15-13-20(14-16-21)22-9-6-11-25-28(22)37-26-12-5-4-10-24(26)35-25;28-16-25-24(21-12-10-20(11-13-21)19-4-2-1-3-5-19)14-23(15-26(25)29)32-17-18-6-8-22(9-7-18)27(30)31;28-16-25-24(21-10-8-20(9-11-21)19-4-2-1-3-5-19)14-23(15-26(25)29)32-17-18-6-12-22(13-7-18)27(30)31;24-14-20-21(19-8-6-18(7-9-19)17-4-2-1-3-5-17)26-23(27-22(20)28)29-15-16-10-12-25-13-11-16/h1-16H,18H2,(H,32,33,34);1-14H,15,17H2,(H,30,31);1-14,30-31H,15,17H2;1-13H,15H2,(H,26,27,28). The third kappa shape index (κ3) is 22.6. The highest BCUT2D eigenvalue weighted by molar-refractivity contribution is 8.02. The van der Waals surface area contributed by atoms with Crippen LogP contribution in [0.2, 0.25) is 0 Å². The van der Waals surface area contributed by atoms with Crippen LogP contribution in [-0.4, -0.2) is 64.7 Å². The number of carbonyl (C=O) groups is 3. The predicted molar refractivity (Wildman–Crippen MR) is 518 cm³/mol. The summed E-state index contributed by atoms with van der Waals surface area (Å²) < 4.78 is 6.14. The van der Waals surface area contributed by atoms with Gasteiger partial charge in [-0.15, -0.1) is 23.5 Å². The normalized spacial score (nSPS) is 12.3. The summed E-state index contributed by atoms with van der Waals surface area (Å²) >= 11 is 7.61. The highest BCUT2D eigenvalue weighted by atomic mass is 32.2. The topological polar surface area (TPSA) is 321 Å². The van der Waals surface area contributed by atoms with Crippen molar-refractivity contribution in [2.24, 2.45) is 0 Å². The van der Waals surface area contributed by atoms with Gasteiger partial charge in [0.15, 0.2) is 21.9 Å². The molecule has 630 valence electrons. The Kier molecular flexibility index (Phi) is 29.9. The number of allylic oxidation sites excluding steroid dienone is 8. The van der Waals surface area contributed by atoms with E-state index in [0.29, 0.717) is 66.9 Å². The Morgan fingerprint density at radius 1 is 0.392 bits per heavy atom. The molecule has 3 aliphatic rings. The molecule has 0 atom stereocenters. The summed E-state index contributed by atoms with van der Waals surface area (Å²) in [6, 6.07) is 111. The van der Waals surface area contributed by atoms with Crippen LogP contribution in [0.5, 0.6) is 11.5 Å². The monoisotopic (exact) mass is 1790 g/mol. The number of Topliss-reactive ketones (excluding diaryl/α,β-unsaturated/α-hetero) is 2. The first-order chi connectivity index (χ1) is 63.5. The third-order valence-corrected chi connectivity index (χ3v) is 26.2. The summed E-state index contributed by atoms with van der Waals surface area (Å²) in [6.45, 7) is 0. The number of fused-ring (bicyclic) bond motifs is 2. The molecule has 0 amide bonds. The summed E-state index contributed by atoms with van der Waals surface area (Å²) in [5.41, 5.74) is 18.2. The zero-order chi connectivity index (χ0) is 90.2. The number of benzene rings is 12. The highest BCUT2D eigenvalue weighted by Crippen LogP contribution is 2.51. The first-order valence-electron chi connectivity index (χ1n) is 40.8. The van der Waals surface area contributed by atoms with E-state index in [1.165, 1.54) is 35.3 Å². The zero-order valence-corrected chi connectivity index (χ0v) is 73.3. The van der Waals surface area contributed by atoms with E-state index in [2.05, 4.69) is 49.2 Å². The summed E-state index contributed by atoms with van der Waals surface area (Å²) in [6.07, 6.45) is 7.73. The number of pyridine rings is 1. The van der Waals surface area contributed by atoms with Crippen molar-refractivity contribution in [1.82, 2.24) is 24.9 Å². The summed E-state index contributed by atoms with van der Waals surface area (Å²) in [7, 11) is -1.49. The molecule has 4 heterocycles. The fourth-order valence-electron chi connectivity index (χ4n) is 14.1. The fourth-order valence-corrected chi connectivity index (χ4v) is 18.8. The zero-order valence-electron chi connectivity index (χ0n) is 69.2. The maximum atomic E-state index is 12.7. The lowest BCUT2D eigenvalue weighted by Gasteiger charge is -2.22. The van der Waals surface area contributed by atoms with Crippen LogP contribution >= 0.6 is 58.8 Å². The lowest BCUT2D eigenvalue weighted by Crippen LogP contribution is -2.29. The number of nitrogens with one attached hydrogen (secondary N) is 2. The molecule has 2 aliphatic carbocycles. The van der Waals surface area contributed by atoms with E-state index in [4.69, 9.17) is 9.84 Å². The van der Waals surface area contributed by atoms with Gasteiger partial charge in [0.05, 0.1) is 26.7 Å². The number of ether oxygens (including phenoxy) is 1. The Bertz CT molecular complexity index is 7130. The second kappa shape index (κ2) is 43.3. The molecule has 1 aliphatic heterocycles. The van der Waals surface area contributed by atoms with Crippen molar-refractivity contribution >= 4 is 100 Å². The van der Waals surface area contributed by atoms with Gasteiger partial charge in [0.1, 0.15) is 58.0 Å². The molecule has 15 aromatic rings. The predicted octanol–water partition coefficient (Wildman–Crippen LogP) is 22.4. The number of aromatic amines is 2. The SMILES string of the molecule is N#CC1=C(c2ccc(-c3ccccc3)cc2)C=C(SCc2ccc(B(O)O)cc2)CC1=O.N#CC1=C(c2ccc(-c3ccccc3)cc2)C=C(SCc2ccc(C(=O)O)cc2)CC1=O.N#Cc1c(-c2ccc(-c3cccc4c3Sc3ccccc3O4)cc2)nc(SCc2ccccc2)[nH]c1=O.N#Cc1c(-c2ccc(-c3ccccc3)cc2)nc(SCc2ccncc2)[nH]c1=O. The number of nitrogens with zero attached hydrogens (tertiary/aromatic N) is 7. The van der Waals surface area contributed by atoms with Crippen molar-refractivity contribution in [1.29, 1.82) is 21.0 Å². The largest absolute Gasteiger partial charge is 0.488 e. The van der Waals surface area contributed by atoms with Crippen LogP contribution in [0, 0.1) is 45.3 Å². The van der Waals surface area contributed by atoms with E-state index >= 15 is 0 Å². The lowest BCUT2D eigenvalue weighted by atomic mass is 9.80. The number of ketones is 2. The van der Waals surface area contributed by atoms with Gasteiger partial charge >= 0.3 is 13.1 Å². The van der Waals surface area contributed by atoms with Crippen LogP contribution in [0.15, 0.2) is 397 Å². The van der Waals surface area contributed by atoms with Crippen molar-refractivity contribution in [3.8, 4) is 103 Å². The van der Waals surface area contributed by atoms with Gasteiger partial charge in [0.2, 0.25) is 0 Å². The molecule has 3 aromatic heterocycles. The number of nitriles is 4. The molecule has 5 N–H and O–H groups in total. The van der Waals surface area contributed by atoms with E-state index in [0.717, 1.165) is 115 Å². The van der Waals surface area contributed by atoms with Crippen molar-refractivity contribution < 1.29 is 34.3 Å². The van der Waals surface area contributed by atoms with Crippen LogP contribution in [0.1, 0.15) is 67.7 Å². The highest BCUT2D eigenvalue weighted by Gasteiger charge is 2.27. The molecule has 18 nitrogen and oxygen atoms in total. The van der Waals surface area contributed by atoms with Crippen LogP contribution < -0.4 is 21.3 Å². The van der Waals surface area contributed by atoms with Gasteiger partial charge in [-0.3, -0.25) is 24.2 Å². The summed E-state index contributed by atoms with van der Waals surface area (Å²) in [5, 5.41) is 66.7. The molecule has 12 aromatic carbocycles. The number of para-hydroxylation sites is 1. The number of hydrogen-bond donors (Lipinski definition) is 5. The molecule has 0 saturated carbocycles. The Morgan fingerprint density at radius 3 is 1.19 bits per heavy atom. The number of hydrogen-bond acceptors (Lipinski definition) is 20. The number of carboxylic acids is 1. The first-order valence-corrected chi connectivity index (χ1v) is 45.5. The Balaban J connectivity index is 0.000000133. The quantitative estimate of drug-likeness (QED) is 0.0239. The Morgan fingerprint density at radius 2 is 0.762 bits per heavy atom. The van der Waals surface area contributed by atoms with Crippen LogP contribution in [0.25, 0.3) is 78.2 Å². The maximum Gasteiger partial charge on any atom is 0.488 e. The second-order valence-electron chi connectivity index (χ2n) is 29.4. The van der Waals surface area contributed by atoms with E-state index in [1.54, 1.807) is 72.3 Å². The van der Waals surface area contributed by atoms with Crippen LogP contribution in [0.3, 0.4) is 0 Å². The minimum atomic E-state index is -1.49. The molecule has 18 rings (SSSR count). The van der Waals surface area contributed by atoms with E-state index in [-0.39, 0.29) is 52.2 Å². The van der Waals surface area contributed by atoms with Crippen molar-refractivity contribution in [2.45, 2.75) is 56.0 Å². The molecule has 0 fully saturated rings. The molecular formula is C106H74BN9O9S5. The van der Waals surface area contributed by atoms with Crippen LogP contribution in [-0.2, 0) is 32.6 Å². The van der Waals surface area contributed by atoms with E-state index < -0.39 is 24.2 Å². The fraction of sp³-hybridized carbons (Fsp3) is 0.0566. The van der Waals surface area contributed by atoms with E-state index in [1.807, 2.05) is 297 Å². The summed E-state index contributed by atoms with van der Waals surface area (Å²) in [4.78, 5) is 84.0. The van der Waals surface area contributed by atoms with Gasteiger partial charge in [-0.25, -0.2) is 14.8 Å². The minimum Gasteiger partial charge on any atom is -0.478 e. The Hall–Kier alpha value is -15.2. The average Bonchev–Trinajstić information content (AvgIpc) is 0.784. The van der Waals surface area contributed by atoms with Gasteiger partial charge in [0.25, 0.3) is 11.1 Å². The molecule has 0 saturated heterocycles. The molecule has 0 spiro atoms. The van der Waals surface area contributed by atoms with Gasteiger partial charge in [-0.05, 0) is 148 Å². The van der Waals surface area contributed by atoms with Gasteiger partial charge in [-0.2, -0.15) is 21.0 Å². The number of aromatic nitrogens is 5. The maximum absolute atomic E-state index is 12.7. The number of carboxylic acid groups (broad SMARTS) is 1. The lowest BCUT2D eigenvalue weighted by molar-refractivity contribution is -0.115. The third-order valence-electron chi connectivity index (χ3n) is 20.9. The molecule has 0 unspecified atom stereocenters. The first kappa shape index (κ1) is 89.6. The van der Waals surface area contributed by atoms with Gasteiger partial charge in [-0.1, -0.05) is 314 Å². The van der Waals surface area contributed by atoms with Crippen molar-refractivity contribution in [3.05, 3.63) is 438 Å². The van der Waals surface area contributed by atoms with Gasteiger partial charge in [0, 0.05) is 70.5 Å². The summed E-state index contributed by atoms with van der Waals surface area (Å²) in [5.74, 6) is 2.94. The van der Waals surface area contributed by atoms with Crippen molar-refractivity contribution in [2.75, 3.05) is 0 Å². The van der Waals surface area contributed by atoms with Gasteiger partial charge < -0.3 is 29.9 Å². The van der Waals surface area contributed by atoms with Crippen LogP contribution in [0.4, 0.5) is 0 Å².